The summed E-state index contributed by atoms with van der Waals surface area (Å²) in [5.41, 5.74) is 7.83. The van der Waals surface area contributed by atoms with Crippen LogP contribution in [-0.2, 0) is 6.18 Å². The van der Waals surface area contributed by atoms with Crippen LogP contribution in [0.25, 0.3) is 89.2 Å². The Labute approximate surface area is 307 Å². The van der Waals surface area contributed by atoms with Crippen LogP contribution in [0.2, 0.25) is 0 Å². The zero-order chi connectivity index (χ0) is 36.4. The first-order chi connectivity index (χ1) is 26.4. The van der Waals surface area contributed by atoms with E-state index in [1.807, 2.05) is 59.2 Å². The highest BCUT2D eigenvalue weighted by atomic mass is 19.4. The smallest absolute Gasteiger partial charge is 0.309 e. The van der Waals surface area contributed by atoms with Gasteiger partial charge in [0.1, 0.15) is 0 Å². The van der Waals surface area contributed by atoms with E-state index < -0.39 is 11.7 Å². The van der Waals surface area contributed by atoms with E-state index in [9.17, 15) is 13.2 Å². The summed E-state index contributed by atoms with van der Waals surface area (Å²) in [6.07, 6.45) is -4.45. The first-order valence-electron chi connectivity index (χ1n) is 17.5. The fourth-order valence-electron chi connectivity index (χ4n) is 7.49. The average Bonchev–Trinajstić information content (AvgIpc) is 3.73. The molecule has 5 nitrogen and oxygen atoms in total. The number of aromatic nitrogens is 5. The van der Waals surface area contributed by atoms with Crippen LogP contribution in [0.3, 0.4) is 0 Å². The Morgan fingerprint density at radius 1 is 0.370 bits per heavy atom. The van der Waals surface area contributed by atoms with Crippen LogP contribution in [0, 0.1) is 0 Å². The lowest BCUT2D eigenvalue weighted by atomic mass is 10.0. The number of halogens is 3. The predicted octanol–water partition coefficient (Wildman–Crippen LogP) is 12.1. The molecular formula is C46H28F3N5. The van der Waals surface area contributed by atoms with Crippen LogP contribution in [0.15, 0.2) is 170 Å². The van der Waals surface area contributed by atoms with Gasteiger partial charge in [-0.05, 0) is 71.8 Å². The van der Waals surface area contributed by atoms with Crippen LogP contribution < -0.4 is 0 Å². The molecule has 8 heteroatoms. The third-order valence-electron chi connectivity index (χ3n) is 10.0. The van der Waals surface area contributed by atoms with Crippen molar-refractivity contribution >= 4 is 43.6 Å². The lowest BCUT2D eigenvalue weighted by Crippen LogP contribution is -2.07. The molecule has 54 heavy (non-hydrogen) atoms. The van der Waals surface area contributed by atoms with Crippen molar-refractivity contribution in [3.63, 3.8) is 0 Å². The number of alkyl halides is 3. The van der Waals surface area contributed by atoms with Gasteiger partial charge in [0.05, 0.1) is 27.6 Å². The van der Waals surface area contributed by atoms with Gasteiger partial charge in [-0.25, -0.2) is 4.98 Å². The topological polar surface area (TPSA) is 48.5 Å². The second-order valence-electron chi connectivity index (χ2n) is 13.2. The molecule has 258 valence electrons. The van der Waals surface area contributed by atoms with Gasteiger partial charge < -0.3 is 4.57 Å². The van der Waals surface area contributed by atoms with Crippen LogP contribution in [0.5, 0.6) is 0 Å². The van der Waals surface area contributed by atoms with Crippen molar-refractivity contribution in [2.24, 2.45) is 0 Å². The highest BCUT2D eigenvalue weighted by Gasteiger charge is 2.30. The molecule has 10 rings (SSSR count). The Bertz CT molecular complexity index is 3020. The molecule has 0 fully saturated rings. The molecule has 0 saturated carbocycles. The van der Waals surface area contributed by atoms with E-state index in [-0.39, 0.29) is 5.82 Å². The molecule has 7 aromatic carbocycles. The number of hydrogen-bond acceptors (Lipinski definition) is 3. The van der Waals surface area contributed by atoms with E-state index in [4.69, 9.17) is 15.0 Å². The maximum Gasteiger partial charge on any atom is 0.416 e. The van der Waals surface area contributed by atoms with Crippen molar-refractivity contribution in [1.82, 2.24) is 24.1 Å². The summed E-state index contributed by atoms with van der Waals surface area (Å²) >= 11 is 0. The molecular weight excluding hydrogens is 680 g/mol. The van der Waals surface area contributed by atoms with E-state index in [1.54, 1.807) is 0 Å². The van der Waals surface area contributed by atoms with Crippen molar-refractivity contribution < 1.29 is 13.2 Å². The maximum absolute atomic E-state index is 13.4. The first kappa shape index (κ1) is 31.7. The molecule has 0 radical (unpaired) electrons. The van der Waals surface area contributed by atoms with Gasteiger partial charge in [-0.3, -0.25) is 4.57 Å². The second-order valence-corrected chi connectivity index (χ2v) is 13.2. The van der Waals surface area contributed by atoms with Crippen molar-refractivity contribution in [3.8, 4) is 45.5 Å². The van der Waals surface area contributed by atoms with Gasteiger partial charge in [-0.2, -0.15) is 23.1 Å². The SMILES string of the molecule is FC(F)(F)c1ccc(-c2nc(-c3ccccc3)nc(-n3c4ccccc4c4cc(-c5ccc6c(c5)c5ccccc5n6-c5ccccc5)ccc43)n2)cc1. The molecule has 0 aliphatic rings. The summed E-state index contributed by atoms with van der Waals surface area (Å²) in [4.78, 5) is 14.6. The van der Waals surface area contributed by atoms with Crippen molar-refractivity contribution in [2.45, 2.75) is 6.18 Å². The van der Waals surface area contributed by atoms with Gasteiger partial charge in [0.15, 0.2) is 11.6 Å². The zero-order valence-corrected chi connectivity index (χ0v) is 28.5. The summed E-state index contributed by atoms with van der Waals surface area (Å²) in [6.45, 7) is 0. The fourth-order valence-corrected chi connectivity index (χ4v) is 7.49. The standard InChI is InChI=1S/C46H28F3N5/c47-46(48,49)33-23-19-30(20-24-33)44-50-43(29-11-3-1-4-12-29)51-45(52-44)54-40-18-10-8-16-36(40)38-28-32(22-26-42(38)54)31-21-25-41-37(27-31)35-15-7-9-17-39(35)53(41)34-13-5-2-6-14-34/h1-28H. The first-order valence-corrected chi connectivity index (χ1v) is 17.5. The Hall–Kier alpha value is -7.06. The van der Waals surface area contributed by atoms with Crippen molar-refractivity contribution in [3.05, 3.63) is 175 Å². The quantitative estimate of drug-likeness (QED) is 0.179. The summed E-state index contributed by atoms with van der Waals surface area (Å²) < 4.78 is 44.6. The minimum absolute atomic E-state index is 0.276. The van der Waals surface area contributed by atoms with Gasteiger partial charge in [0, 0.05) is 38.4 Å². The molecule has 0 N–H and O–H groups in total. The predicted molar refractivity (Wildman–Crippen MR) is 210 cm³/mol. The Morgan fingerprint density at radius 3 is 1.39 bits per heavy atom. The third kappa shape index (κ3) is 5.22. The van der Waals surface area contributed by atoms with Gasteiger partial charge in [0.2, 0.25) is 5.95 Å². The number of nitrogens with zero attached hydrogens (tertiary/aromatic N) is 5. The van der Waals surface area contributed by atoms with E-state index in [0.717, 1.165) is 67.3 Å². The summed E-state index contributed by atoms with van der Waals surface area (Å²) in [6, 6.07) is 54.5. The summed E-state index contributed by atoms with van der Waals surface area (Å²) in [5.74, 6) is 1.06. The van der Waals surface area contributed by atoms with E-state index in [2.05, 4.69) is 95.6 Å². The van der Waals surface area contributed by atoms with Gasteiger partial charge >= 0.3 is 6.18 Å². The molecule has 3 heterocycles. The van der Waals surface area contributed by atoms with Crippen LogP contribution >= 0.6 is 0 Å². The molecule has 0 amide bonds. The van der Waals surface area contributed by atoms with Crippen LogP contribution in [0.1, 0.15) is 5.56 Å². The minimum atomic E-state index is -4.45. The highest BCUT2D eigenvalue weighted by Crippen LogP contribution is 2.38. The number of para-hydroxylation sites is 3. The monoisotopic (exact) mass is 707 g/mol. The molecule has 0 unspecified atom stereocenters. The Balaban J connectivity index is 1.15. The summed E-state index contributed by atoms with van der Waals surface area (Å²) in [7, 11) is 0. The number of fused-ring (bicyclic) bond motifs is 6. The fraction of sp³-hybridized carbons (Fsp3) is 0.0217. The second kappa shape index (κ2) is 12.3. The van der Waals surface area contributed by atoms with E-state index in [1.165, 1.54) is 22.9 Å². The summed E-state index contributed by atoms with van der Waals surface area (Å²) in [5, 5.41) is 4.40. The Kier molecular flexibility index (Phi) is 7.20. The molecule has 0 aliphatic carbocycles. The van der Waals surface area contributed by atoms with Gasteiger partial charge in [-0.1, -0.05) is 109 Å². The molecule has 0 atom stereocenters. The third-order valence-corrected chi connectivity index (χ3v) is 10.0. The molecule has 0 bridgehead atoms. The normalized spacial score (nSPS) is 12.0. The minimum Gasteiger partial charge on any atom is -0.309 e. The van der Waals surface area contributed by atoms with E-state index >= 15 is 0 Å². The number of rotatable bonds is 5. The van der Waals surface area contributed by atoms with Crippen molar-refractivity contribution in [1.29, 1.82) is 0 Å². The lowest BCUT2D eigenvalue weighted by molar-refractivity contribution is -0.137. The zero-order valence-electron chi connectivity index (χ0n) is 28.5. The van der Waals surface area contributed by atoms with Crippen molar-refractivity contribution in [2.75, 3.05) is 0 Å². The average molecular weight is 708 g/mol. The van der Waals surface area contributed by atoms with E-state index in [0.29, 0.717) is 17.3 Å². The molecule has 3 aromatic heterocycles. The molecule has 0 spiro atoms. The Morgan fingerprint density at radius 2 is 0.815 bits per heavy atom. The number of hydrogen-bond donors (Lipinski definition) is 0. The number of benzene rings is 7. The molecule has 10 aromatic rings. The maximum atomic E-state index is 13.4. The molecule has 0 aliphatic heterocycles. The highest BCUT2D eigenvalue weighted by molar-refractivity contribution is 6.12. The lowest BCUT2D eigenvalue weighted by Gasteiger charge is -2.12. The van der Waals surface area contributed by atoms with Crippen LogP contribution in [0.4, 0.5) is 13.2 Å². The molecule has 0 saturated heterocycles. The van der Waals surface area contributed by atoms with Crippen LogP contribution in [-0.4, -0.2) is 24.1 Å². The largest absolute Gasteiger partial charge is 0.416 e. The van der Waals surface area contributed by atoms with Gasteiger partial charge in [0.25, 0.3) is 0 Å². The van der Waals surface area contributed by atoms with Gasteiger partial charge in [-0.15, -0.1) is 0 Å².